The lowest BCUT2D eigenvalue weighted by Gasteiger charge is -2.11. The van der Waals surface area contributed by atoms with E-state index in [4.69, 9.17) is 4.74 Å². The molecule has 26 heavy (non-hydrogen) atoms. The van der Waals surface area contributed by atoms with Crippen molar-refractivity contribution in [2.24, 2.45) is 0 Å². The summed E-state index contributed by atoms with van der Waals surface area (Å²) in [5.74, 6) is -1.44. The molecule has 1 N–H and O–H groups in total. The summed E-state index contributed by atoms with van der Waals surface area (Å²) < 4.78 is 34.0. The quantitative estimate of drug-likeness (QED) is 0.568. The van der Waals surface area contributed by atoms with Gasteiger partial charge in [-0.25, -0.2) is 4.98 Å². The first kappa shape index (κ1) is 19.5. The fourth-order valence-electron chi connectivity index (χ4n) is 2.00. The molecule has 2 rings (SSSR count). The predicted octanol–water partition coefficient (Wildman–Crippen LogP) is 4.04. The van der Waals surface area contributed by atoms with Crippen LogP contribution in [0.4, 0.5) is 19.6 Å². The van der Waals surface area contributed by atoms with Crippen LogP contribution in [0.2, 0.25) is 0 Å². The number of carbonyl (C=O) groups excluding carboxylic acids is 1. The van der Waals surface area contributed by atoms with Gasteiger partial charge in [-0.05, 0) is 5.92 Å². The third kappa shape index (κ3) is 4.42. The maximum Gasteiger partial charge on any atom is 0.387 e. The van der Waals surface area contributed by atoms with E-state index in [0.29, 0.717) is 0 Å². The summed E-state index contributed by atoms with van der Waals surface area (Å²) in [5, 5.41) is 15.7. The highest BCUT2D eigenvalue weighted by Gasteiger charge is 2.26. The first-order valence-corrected chi connectivity index (χ1v) is 8.18. The fraction of sp³-hybridized carbons (Fsp3) is 0.333. The number of nitro benzene ring substituents is 1. The van der Waals surface area contributed by atoms with Crippen molar-refractivity contribution in [2.75, 3.05) is 12.4 Å². The Labute approximate surface area is 150 Å². The summed E-state index contributed by atoms with van der Waals surface area (Å²) in [7, 11) is 1.16. The van der Waals surface area contributed by atoms with Gasteiger partial charge >= 0.3 is 6.61 Å². The fourth-order valence-corrected chi connectivity index (χ4v) is 2.87. The van der Waals surface area contributed by atoms with Gasteiger partial charge in [-0.2, -0.15) is 8.78 Å². The molecule has 1 aromatic carbocycles. The molecule has 1 aromatic heterocycles. The molecule has 0 aliphatic rings. The van der Waals surface area contributed by atoms with Crippen molar-refractivity contribution in [1.29, 1.82) is 0 Å². The average Bonchev–Trinajstić information content (AvgIpc) is 3.02. The number of hydrogen-bond acceptors (Lipinski definition) is 7. The molecule has 140 valence electrons. The molecule has 0 aliphatic carbocycles. The molecule has 0 saturated heterocycles. The third-order valence-electron chi connectivity index (χ3n) is 3.27. The molecule has 0 atom stereocenters. The highest BCUT2D eigenvalue weighted by atomic mass is 32.1. The SMILES string of the molecule is COc1cc(C(=O)Nc2nc(C(C)C)cs2)c([N+](=O)[O-])cc1OC(F)F. The summed E-state index contributed by atoms with van der Waals surface area (Å²) in [5.41, 5.74) is -0.299. The van der Waals surface area contributed by atoms with Crippen LogP contribution in [0.1, 0.15) is 35.8 Å². The lowest BCUT2D eigenvalue weighted by atomic mass is 10.1. The second-order valence-corrected chi connectivity index (χ2v) is 6.20. The largest absolute Gasteiger partial charge is 0.493 e. The van der Waals surface area contributed by atoms with Crippen molar-refractivity contribution < 1.29 is 28.0 Å². The Morgan fingerprint density at radius 3 is 2.54 bits per heavy atom. The molecule has 1 heterocycles. The lowest BCUT2D eigenvalue weighted by Crippen LogP contribution is -2.15. The van der Waals surface area contributed by atoms with Crippen molar-refractivity contribution in [3.05, 3.63) is 38.9 Å². The number of ether oxygens (including phenoxy) is 2. The van der Waals surface area contributed by atoms with Gasteiger partial charge in [-0.1, -0.05) is 13.8 Å². The van der Waals surface area contributed by atoms with Crippen molar-refractivity contribution in [1.82, 2.24) is 4.98 Å². The summed E-state index contributed by atoms with van der Waals surface area (Å²) in [6, 6.07) is 1.70. The number of thiazole rings is 1. The van der Waals surface area contributed by atoms with E-state index in [1.807, 2.05) is 13.8 Å². The number of carbonyl (C=O) groups is 1. The van der Waals surface area contributed by atoms with Crippen LogP contribution in [0.15, 0.2) is 17.5 Å². The molecule has 0 saturated carbocycles. The number of nitrogens with zero attached hydrogens (tertiary/aromatic N) is 2. The Kier molecular flexibility index (Phi) is 6.03. The van der Waals surface area contributed by atoms with Crippen molar-refractivity contribution >= 4 is 28.1 Å². The monoisotopic (exact) mass is 387 g/mol. The van der Waals surface area contributed by atoms with Crippen molar-refractivity contribution in [2.45, 2.75) is 26.4 Å². The van der Waals surface area contributed by atoms with E-state index < -0.39 is 28.9 Å². The second-order valence-electron chi connectivity index (χ2n) is 5.34. The Morgan fingerprint density at radius 1 is 1.35 bits per heavy atom. The molecule has 1 amide bonds. The lowest BCUT2D eigenvalue weighted by molar-refractivity contribution is -0.385. The summed E-state index contributed by atoms with van der Waals surface area (Å²) in [4.78, 5) is 27.0. The third-order valence-corrected chi connectivity index (χ3v) is 4.05. The van der Waals surface area contributed by atoms with Crippen LogP contribution >= 0.6 is 11.3 Å². The van der Waals surface area contributed by atoms with Crippen LogP contribution in [0.3, 0.4) is 0 Å². The molecule has 0 unspecified atom stereocenters. The molecule has 0 radical (unpaired) electrons. The van der Waals surface area contributed by atoms with Gasteiger partial charge in [0.1, 0.15) is 5.56 Å². The van der Waals surface area contributed by atoms with Gasteiger partial charge in [0.05, 0.1) is 23.8 Å². The number of methoxy groups -OCH3 is 1. The number of hydrogen-bond donors (Lipinski definition) is 1. The van der Waals surface area contributed by atoms with Crippen molar-refractivity contribution in [3.8, 4) is 11.5 Å². The standard InChI is InChI=1S/C15H15F2N3O5S/c1-7(2)9-6-26-15(18-9)19-13(21)8-4-11(24-3)12(25-14(16)17)5-10(8)20(22)23/h4-7,14H,1-3H3,(H,18,19,21). The van der Waals surface area contributed by atoms with Crippen LogP contribution in [-0.4, -0.2) is 29.5 Å². The summed E-state index contributed by atoms with van der Waals surface area (Å²) in [6.45, 7) is 0.656. The van der Waals surface area contributed by atoms with E-state index in [9.17, 15) is 23.7 Å². The molecule has 11 heteroatoms. The number of nitro groups is 1. The summed E-state index contributed by atoms with van der Waals surface area (Å²) in [6.07, 6.45) is 0. The number of benzene rings is 1. The van der Waals surface area contributed by atoms with Crippen molar-refractivity contribution in [3.63, 3.8) is 0 Å². The second kappa shape index (κ2) is 8.04. The van der Waals surface area contributed by atoms with Crippen LogP contribution in [0.5, 0.6) is 11.5 Å². The topological polar surface area (TPSA) is 104 Å². The number of aromatic nitrogens is 1. The van der Waals surface area contributed by atoms with E-state index in [0.717, 1.165) is 24.9 Å². The van der Waals surface area contributed by atoms with Crippen LogP contribution in [0.25, 0.3) is 0 Å². The molecule has 8 nitrogen and oxygen atoms in total. The van der Waals surface area contributed by atoms with Crippen LogP contribution < -0.4 is 14.8 Å². The number of rotatable bonds is 7. The highest BCUT2D eigenvalue weighted by Crippen LogP contribution is 2.36. The van der Waals surface area contributed by atoms with E-state index >= 15 is 0 Å². The van der Waals surface area contributed by atoms with Gasteiger partial charge in [0.2, 0.25) is 0 Å². The first-order valence-electron chi connectivity index (χ1n) is 7.31. The Bertz CT molecular complexity index is 826. The first-order chi connectivity index (χ1) is 12.2. The minimum atomic E-state index is -3.20. The molecular formula is C15H15F2N3O5S. The molecular weight excluding hydrogens is 372 g/mol. The van der Waals surface area contributed by atoms with E-state index in [2.05, 4.69) is 15.0 Å². The number of nitrogens with one attached hydrogen (secondary N) is 1. The molecule has 0 spiro atoms. The zero-order valence-electron chi connectivity index (χ0n) is 14.0. The van der Waals surface area contributed by atoms with Gasteiger partial charge in [0, 0.05) is 11.4 Å². The number of alkyl halides is 2. The van der Waals surface area contributed by atoms with Gasteiger partial charge < -0.3 is 9.47 Å². The predicted molar refractivity (Wildman–Crippen MR) is 90.4 cm³/mol. The average molecular weight is 387 g/mol. The van der Waals surface area contributed by atoms with Gasteiger partial charge in [-0.3, -0.25) is 20.2 Å². The molecule has 0 aliphatic heterocycles. The Balaban J connectivity index is 2.39. The minimum Gasteiger partial charge on any atom is -0.493 e. The van der Waals surface area contributed by atoms with E-state index in [1.54, 1.807) is 5.38 Å². The number of amides is 1. The van der Waals surface area contributed by atoms with Crippen LogP contribution in [-0.2, 0) is 0 Å². The van der Waals surface area contributed by atoms with Gasteiger partial charge in [0.25, 0.3) is 11.6 Å². The Hall–Kier alpha value is -2.82. The molecule has 0 bridgehead atoms. The maximum atomic E-state index is 12.4. The maximum absolute atomic E-state index is 12.4. The minimum absolute atomic E-state index is 0.150. The summed E-state index contributed by atoms with van der Waals surface area (Å²) >= 11 is 1.17. The molecule has 2 aromatic rings. The normalized spacial score (nSPS) is 10.9. The van der Waals surface area contributed by atoms with Gasteiger partial charge in [0.15, 0.2) is 16.6 Å². The van der Waals surface area contributed by atoms with E-state index in [-0.39, 0.29) is 22.4 Å². The number of halogens is 2. The molecule has 0 fully saturated rings. The smallest absolute Gasteiger partial charge is 0.387 e. The van der Waals surface area contributed by atoms with Crippen LogP contribution in [0, 0.1) is 10.1 Å². The zero-order valence-corrected chi connectivity index (χ0v) is 14.8. The zero-order chi connectivity index (χ0) is 19.4. The number of anilines is 1. The van der Waals surface area contributed by atoms with Gasteiger partial charge in [-0.15, -0.1) is 11.3 Å². The highest BCUT2D eigenvalue weighted by molar-refractivity contribution is 7.14. The van der Waals surface area contributed by atoms with E-state index in [1.165, 1.54) is 11.3 Å². The Morgan fingerprint density at radius 2 is 2.04 bits per heavy atom.